The Morgan fingerprint density at radius 3 is 2.59 bits per heavy atom. The second-order valence-corrected chi connectivity index (χ2v) is 6.01. The van der Waals surface area contributed by atoms with E-state index < -0.39 is 0 Å². The monoisotopic (exact) mass is 331 g/mol. The van der Waals surface area contributed by atoms with E-state index in [2.05, 4.69) is 21.2 Å². The van der Waals surface area contributed by atoms with Gasteiger partial charge in [0.1, 0.15) is 10.1 Å². The van der Waals surface area contributed by atoms with E-state index in [9.17, 15) is 0 Å². The molecule has 0 spiro atoms. The third-order valence-corrected chi connectivity index (χ3v) is 4.73. The number of hydrogen-bond acceptors (Lipinski definition) is 3. The Morgan fingerprint density at radius 2 is 2.06 bits per heavy atom. The molecule has 90 valence electrons. The van der Waals surface area contributed by atoms with Crippen LogP contribution >= 0.6 is 38.9 Å². The van der Waals surface area contributed by atoms with Crippen LogP contribution in [0.2, 0.25) is 4.34 Å². The summed E-state index contributed by atoms with van der Waals surface area (Å²) in [5.74, 6) is 0.859. The van der Waals surface area contributed by atoms with E-state index in [0.717, 1.165) is 26.8 Å². The zero-order valence-electron chi connectivity index (χ0n) is 9.17. The summed E-state index contributed by atoms with van der Waals surface area (Å²) in [6.07, 6.45) is 0. The smallest absolute Gasteiger partial charge is 0.119 e. The Morgan fingerprint density at radius 1 is 1.35 bits per heavy atom. The van der Waals surface area contributed by atoms with Gasteiger partial charge in [-0.1, -0.05) is 11.6 Å². The minimum absolute atomic E-state index is 0.766. The summed E-state index contributed by atoms with van der Waals surface area (Å²) in [6.45, 7) is 0.766. The van der Waals surface area contributed by atoms with Crippen LogP contribution in [0, 0.1) is 0 Å². The molecule has 0 atom stereocenters. The second-order valence-electron chi connectivity index (χ2n) is 3.42. The van der Waals surface area contributed by atoms with Gasteiger partial charge < -0.3 is 10.1 Å². The molecule has 0 amide bonds. The molecular formula is C12H11BrClNOS. The third-order valence-electron chi connectivity index (χ3n) is 2.25. The van der Waals surface area contributed by atoms with Crippen molar-refractivity contribution in [2.45, 2.75) is 6.54 Å². The largest absolute Gasteiger partial charge is 0.497 e. The highest BCUT2D eigenvalue weighted by Gasteiger charge is 2.04. The van der Waals surface area contributed by atoms with Crippen LogP contribution in [0.1, 0.15) is 4.88 Å². The van der Waals surface area contributed by atoms with Gasteiger partial charge >= 0.3 is 0 Å². The van der Waals surface area contributed by atoms with Gasteiger partial charge in [0.05, 0.1) is 7.11 Å². The molecule has 0 radical (unpaired) electrons. The molecule has 0 aliphatic carbocycles. The zero-order valence-corrected chi connectivity index (χ0v) is 12.3. The molecule has 1 aromatic heterocycles. The molecule has 0 fully saturated rings. The van der Waals surface area contributed by atoms with Gasteiger partial charge in [-0.3, -0.25) is 0 Å². The first-order valence-electron chi connectivity index (χ1n) is 5.00. The predicted octanol–water partition coefficient (Wildman–Crippen LogP) is 4.78. The summed E-state index contributed by atoms with van der Waals surface area (Å²) in [4.78, 5) is 1.19. The lowest BCUT2D eigenvalue weighted by Gasteiger charge is -2.05. The van der Waals surface area contributed by atoms with Crippen molar-refractivity contribution in [3.8, 4) is 5.75 Å². The number of thiophene rings is 1. The van der Waals surface area contributed by atoms with Crippen LogP contribution in [0.25, 0.3) is 0 Å². The molecule has 5 heteroatoms. The number of anilines is 1. The fourth-order valence-corrected chi connectivity index (χ4v) is 3.11. The molecule has 0 unspecified atom stereocenters. The van der Waals surface area contributed by atoms with E-state index in [4.69, 9.17) is 16.3 Å². The van der Waals surface area contributed by atoms with E-state index in [-0.39, 0.29) is 0 Å². The van der Waals surface area contributed by atoms with Gasteiger partial charge in [0, 0.05) is 21.6 Å². The van der Waals surface area contributed by atoms with Gasteiger partial charge in [-0.2, -0.15) is 0 Å². The fourth-order valence-electron chi connectivity index (χ4n) is 1.38. The number of methoxy groups -OCH3 is 1. The Kier molecular flexibility index (Phi) is 4.31. The van der Waals surface area contributed by atoms with E-state index in [1.807, 2.05) is 30.3 Å². The van der Waals surface area contributed by atoms with Crippen LogP contribution in [0.5, 0.6) is 5.75 Å². The summed E-state index contributed by atoms with van der Waals surface area (Å²) in [5.41, 5.74) is 1.06. The molecule has 0 aliphatic rings. The summed E-state index contributed by atoms with van der Waals surface area (Å²) in [7, 11) is 1.66. The molecule has 1 N–H and O–H groups in total. The summed E-state index contributed by atoms with van der Waals surface area (Å²) in [5, 5.41) is 3.33. The molecule has 0 saturated heterocycles. The first-order valence-corrected chi connectivity index (χ1v) is 6.99. The quantitative estimate of drug-likeness (QED) is 0.869. The lowest BCUT2D eigenvalue weighted by Crippen LogP contribution is -1.96. The van der Waals surface area contributed by atoms with Crippen molar-refractivity contribution in [3.63, 3.8) is 0 Å². The van der Waals surface area contributed by atoms with Crippen LogP contribution < -0.4 is 10.1 Å². The lowest BCUT2D eigenvalue weighted by atomic mass is 10.3. The highest BCUT2D eigenvalue weighted by Crippen LogP contribution is 2.32. The van der Waals surface area contributed by atoms with Crippen molar-refractivity contribution in [3.05, 3.63) is 44.0 Å². The molecule has 2 rings (SSSR count). The van der Waals surface area contributed by atoms with Crippen LogP contribution in [-0.2, 0) is 6.54 Å². The average Bonchev–Trinajstić information content (AvgIpc) is 2.67. The zero-order chi connectivity index (χ0) is 12.3. The average molecular weight is 333 g/mol. The highest BCUT2D eigenvalue weighted by atomic mass is 79.9. The van der Waals surface area contributed by atoms with Crippen molar-refractivity contribution in [2.24, 2.45) is 0 Å². The standard InChI is InChI=1S/C12H11BrClNOS/c1-16-9-4-2-8(3-5-9)15-7-10-6-11(13)12(14)17-10/h2-6,15H,7H2,1H3. The Hall–Kier alpha value is -0.710. The maximum atomic E-state index is 5.98. The van der Waals surface area contributed by atoms with Crippen LogP contribution in [0.4, 0.5) is 5.69 Å². The summed E-state index contributed by atoms with van der Waals surface area (Å²) in [6, 6.07) is 9.87. The number of nitrogens with one attached hydrogen (secondary N) is 1. The SMILES string of the molecule is COc1ccc(NCc2cc(Br)c(Cl)s2)cc1. The van der Waals surface area contributed by atoms with E-state index in [0.29, 0.717) is 0 Å². The highest BCUT2D eigenvalue weighted by molar-refractivity contribution is 9.10. The van der Waals surface area contributed by atoms with Crippen molar-refractivity contribution in [1.29, 1.82) is 0 Å². The molecule has 2 nitrogen and oxygen atoms in total. The molecule has 0 bridgehead atoms. The van der Waals surface area contributed by atoms with E-state index in [1.54, 1.807) is 18.4 Å². The van der Waals surface area contributed by atoms with Gasteiger partial charge in [-0.05, 0) is 46.3 Å². The number of ether oxygens (including phenoxy) is 1. The number of rotatable bonds is 4. The molecule has 2 aromatic rings. The summed E-state index contributed by atoms with van der Waals surface area (Å²) >= 11 is 10.9. The second kappa shape index (κ2) is 5.76. The Balaban J connectivity index is 1.97. The normalized spacial score (nSPS) is 10.3. The van der Waals surface area contributed by atoms with Gasteiger partial charge in [-0.15, -0.1) is 11.3 Å². The fraction of sp³-hybridized carbons (Fsp3) is 0.167. The van der Waals surface area contributed by atoms with Gasteiger partial charge in [0.25, 0.3) is 0 Å². The maximum absolute atomic E-state index is 5.98. The van der Waals surface area contributed by atoms with Crippen molar-refractivity contribution < 1.29 is 4.74 Å². The molecule has 17 heavy (non-hydrogen) atoms. The van der Waals surface area contributed by atoms with Crippen LogP contribution in [-0.4, -0.2) is 7.11 Å². The van der Waals surface area contributed by atoms with E-state index in [1.165, 1.54) is 4.88 Å². The minimum Gasteiger partial charge on any atom is -0.497 e. The molecule has 1 aromatic carbocycles. The summed E-state index contributed by atoms with van der Waals surface area (Å²) < 4.78 is 6.84. The van der Waals surface area contributed by atoms with Crippen molar-refractivity contribution in [1.82, 2.24) is 0 Å². The first kappa shape index (κ1) is 12.7. The molecular weight excluding hydrogens is 322 g/mol. The number of hydrogen-bond donors (Lipinski definition) is 1. The van der Waals surface area contributed by atoms with Crippen LogP contribution in [0.15, 0.2) is 34.8 Å². The van der Waals surface area contributed by atoms with Crippen molar-refractivity contribution in [2.75, 3.05) is 12.4 Å². The molecule has 0 aliphatic heterocycles. The number of halogens is 2. The topological polar surface area (TPSA) is 21.3 Å². The predicted molar refractivity (Wildman–Crippen MR) is 77.3 cm³/mol. The van der Waals surface area contributed by atoms with Gasteiger partial charge in [-0.25, -0.2) is 0 Å². The lowest BCUT2D eigenvalue weighted by molar-refractivity contribution is 0.415. The minimum atomic E-state index is 0.766. The Bertz CT molecular complexity index is 478. The Labute approximate surface area is 118 Å². The maximum Gasteiger partial charge on any atom is 0.119 e. The van der Waals surface area contributed by atoms with Crippen molar-refractivity contribution >= 4 is 44.6 Å². The van der Waals surface area contributed by atoms with Gasteiger partial charge in [0.15, 0.2) is 0 Å². The number of benzene rings is 1. The molecule has 0 saturated carbocycles. The van der Waals surface area contributed by atoms with Crippen LogP contribution in [0.3, 0.4) is 0 Å². The molecule has 1 heterocycles. The van der Waals surface area contributed by atoms with E-state index >= 15 is 0 Å². The first-order chi connectivity index (χ1) is 8.19. The third kappa shape index (κ3) is 3.37. The van der Waals surface area contributed by atoms with Gasteiger partial charge in [0.2, 0.25) is 0 Å².